The second-order valence-corrected chi connectivity index (χ2v) is 9.42. The van der Waals surface area contributed by atoms with E-state index in [9.17, 15) is 13.2 Å². The van der Waals surface area contributed by atoms with E-state index in [1.54, 1.807) is 19.2 Å². The molecule has 1 N–H and O–H groups in total. The Labute approximate surface area is 153 Å². The van der Waals surface area contributed by atoms with Crippen molar-refractivity contribution in [3.63, 3.8) is 0 Å². The molecule has 0 saturated carbocycles. The lowest BCUT2D eigenvalue weighted by atomic mass is 9.99. The number of nitrogens with one attached hydrogen (secondary N) is 1. The van der Waals surface area contributed by atoms with Crippen molar-refractivity contribution >= 4 is 27.3 Å². The van der Waals surface area contributed by atoms with E-state index >= 15 is 0 Å². The molecule has 1 atom stereocenters. The topological polar surface area (TPSA) is 84.9 Å². The highest BCUT2D eigenvalue weighted by molar-refractivity contribution is 7.91. The average molecular weight is 391 g/mol. The van der Waals surface area contributed by atoms with Gasteiger partial charge in [-0.3, -0.25) is 4.79 Å². The monoisotopic (exact) mass is 390 g/mol. The van der Waals surface area contributed by atoms with E-state index in [-0.39, 0.29) is 18.4 Å². The van der Waals surface area contributed by atoms with Gasteiger partial charge in [-0.15, -0.1) is 11.3 Å². The van der Waals surface area contributed by atoms with Crippen molar-refractivity contribution in [3.8, 4) is 0 Å². The largest absolute Gasteiger partial charge is 0.382 e. The molecule has 142 valence electrons. The number of rotatable bonds is 9. The van der Waals surface area contributed by atoms with E-state index in [2.05, 4.69) is 5.32 Å². The molecule has 2 heterocycles. The number of methoxy groups -OCH3 is 1. The Morgan fingerprint density at radius 3 is 2.84 bits per heavy atom. The van der Waals surface area contributed by atoms with Crippen molar-refractivity contribution in [1.82, 2.24) is 9.62 Å². The quantitative estimate of drug-likeness (QED) is 0.641. The van der Waals surface area contributed by atoms with Crippen LogP contribution in [-0.2, 0) is 24.3 Å². The Hall–Kier alpha value is -1.00. The van der Waals surface area contributed by atoms with Gasteiger partial charge in [0.05, 0.1) is 25.7 Å². The Morgan fingerprint density at radius 1 is 1.36 bits per heavy atom. The molecule has 0 aromatic carbocycles. The lowest BCUT2D eigenvalue weighted by molar-refractivity contribution is -0.126. The first-order valence-corrected chi connectivity index (χ1v) is 10.6. The van der Waals surface area contributed by atoms with Gasteiger partial charge in [-0.25, -0.2) is 8.42 Å². The number of amides is 1. The van der Waals surface area contributed by atoms with Crippen LogP contribution in [0.5, 0.6) is 0 Å². The van der Waals surface area contributed by atoms with E-state index in [0.29, 0.717) is 50.0 Å². The number of aryl methyl sites for hydroxylation is 1. The second-order valence-electron chi connectivity index (χ2n) is 5.96. The molecule has 0 aliphatic carbocycles. The van der Waals surface area contributed by atoms with Crippen molar-refractivity contribution in [2.45, 2.75) is 24.0 Å². The first-order valence-electron chi connectivity index (χ1n) is 8.36. The lowest BCUT2D eigenvalue weighted by Gasteiger charge is -2.30. The summed E-state index contributed by atoms with van der Waals surface area (Å²) in [6, 6.07) is 3.44. The van der Waals surface area contributed by atoms with Crippen LogP contribution in [0.4, 0.5) is 0 Å². The highest BCUT2D eigenvalue weighted by atomic mass is 32.2. The van der Waals surface area contributed by atoms with Gasteiger partial charge < -0.3 is 14.8 Å². The summed E-state index contributed by atoms with van der Waals surface area (Å²) in [6.07, 6.45) is 1.39. The molecule has 0 spiro atoms. The maximum atomic E-state index is 12.7. The Balaban J connectivity index is 1.84. The molecule has 1 aromatic heterocycles. The van der Waals surface area contributed by atoms with Gasteiger partial charge in [-0.1, -0.05) is 0 Å². The van der Waals surface area contributed by atoms with Crippen molar-refractivity contribution in [2.75, 3.05) is 46.6 Å². The molecule has 1 aliphatic heterocycles. The zero-order chi connectivity index (χ0) is 18.3. The number of sulfonamides is 1. The van der Waals surface area contributed by atoms with Crippen LogP contribution in [0.15, 0.2) is 16.3 Å². The van der Waals surface area contributed by atoms with Gasteiger partial charge in [0.1, 0.15) is 4.21 Å². The van der Waals surface area contributed by atoms with Gasteiger partial charge in [0.2, 0.25) is 5.91 Å². The minimum Gasteiger partial charge on any atom is -0.382 e. The molecule has 1 aromatic rings. The standard InChI is InChI=1S/C16H26N2O5S2/c1-13-5-6-15(24-13)25(20,21)18-8-3-4-14(12-18)16(19)17-7-9-23-11-10-22-2/h5-6,14H,3-4,7-12H2,1-2H3,(H,17,19). The molecule has 1 saturated heterocycles. The molecule has 2 rings (SSSR count). The molecule has 1 aliphatic rings. The van der Waals surface area contributed by atoms with Gasteiger partial charge in [0.25, 0.3) is 10.0 Å². The summed E-state index contributed by atoms with van der Waals surface area (Å²) >= 11 is 1.26. The SMILES string of the molecule is COCCOCCNC(=O)C1CCCN(S(=O)(=O)c2ccc(C)s2)C1. The van der Waals surface area contributed by atoms with Crippen molar-refractivity contribution in [1.29, 1.82) is 0 Å². The fourth-order valence-corrected chi connectivity index (χ4v) is 5.65. The number of nitrogens with zero attached hydrogens (tertiary/aromatic N) is 1. The van der Waals surface area contributed by atoms with Gasteiger partial charge in [-0.05, 0) is 31.9 Å². The minimum absolute atomic E-state index is 0.113. The number of piperidine rings is 1. The zero-order valence-electron chi connectivity index (χ0n) is 14.7. The average Bonchev–Trinajstić information content (AvgIpc) is 3.05. The third kappa shape index (κ3) is 5.75. The number of thiophene rings is 1. The third-order valence-corrected chi connectivity index (χ3v) is 7.38. The van der Waals surface area contributed by atoms with Crippen LogP contribution in [-0.4, -0.2) is 65.2 Å². The van der Waals surface area contributed by atoms with Crippen LogP contribution in [0.3, 0.4) is 0 Å². The fraction of sp³-hybridized carbons (Fsp3) is 0.688. The van der Waals surface area contributed by atoms with Gasteiger partial charge >= 0.3 is 0 Å². The first-order chi connectivity index (χ1) is 11.9. The maximum absolute atomic E-state index is 12.7. The fourth-order valence-electron chi connectivity index (χ4n) is 2.69. The molecular formula is C16H26N2O5S2. The summed E-state index contributed by atoms with van der Waals surface area (Å²) in [5, 5.41) is 2.82. The molecule has 1 amide bonds. The summed E-state index contributed by atoms with van der Waals surface area (Å²) in [7, 11) is -1.91. The highest BCUT2D eigenvalue weighted by Crippen LogP contribution is 2.28. The van der Waals surface area contributed by atoms with Crippen LogP contribution in [0, 0.1) is 12.8 Å². The Morgan fingerprint density at radius 2 is 2.16 bits per heavy atom. The van der Waals surface area contributed by atoms with Crippen LogP contribution in [0.2, 0.25) is 0 Å². The van der Waals surface area contributed by atoms with E-state index in [0.717, 1.165) is 4.88 Å². The normalized spacial score (nSPS) is 19.0. The molecule has 9 heteroatoms. The van der Waals surface area contributed by atoms with E-state index in [1.165, 1.54) is 15.6 Å². The molecule has 7 nitrogen and oxygen atoms in total. The minimum atomic E-state index is -3.51. The number of hydrogen-bond donors (Lipinski definition) is 1. The van der Waals surface area contributed by atoms with Crippen molar-refractivity contribution < 1.29 is 22.7 Å². The second kappa shape index (κ2) is 9.63. The third-order valence-electron chi connectivity index (χ3n) is 4.04. The predicted molar refractivity (Wildman–Crippen MR) is 96.2 cm³/mol. The van der Waals surface area contributed by atoms with Crippen molar-refractivity contribution in [3.05, 3.63) is 17.0 Å². The van der Waals surface area contributed by atoms with Crippen LogP contribution in [0.25, 0.3) is 0 Å². The number of ether oxygens (including phenoxy) is 2. The van der Waals surface area contributed by atoms with Crippen LogP contribution in [0.1, 0.15) is 17.7 Å². The van der Waals surface area contributed by atoms with Crippen LogP contribution >= 0.6 is 11.3 Å². The molecular weight excluding hydrogens is 364 g/mol. The van der Waals surface area contributed by atoms with E-state index in [4.69, 9.17) is 9.47 Å². The zero-order valence-corrected chi connectivity index (χ0v) is 16.3. The predicted octanol–water partition coefficient (Wildman–Crippen LogP) is 1.24. The molecule has 0 radical (unpaired) electrons. The number of hydrogen-bond acceptors (Lipinski definition) is 6. The maximum Gasteiger partial charge on any atom is 0.252 e. The summed E-state index contributed by atoms with van der Waals surface area (Å²) in [6.45, 7) is 4.41. The molecule has 1 fully saturated rings. The Kier molecular flexibility index (Phi) is 7.82. The molecule has 25 heavy (non-hydrogen) atoms. The highest BCUT2D eigenvalue weighted by Gasteiger charge is 2.33. The Bertz CT molecular complexity index is 659. The summed E-state index contributed by atoms with van der Waals surface area (Å²) in [4.78, 5) is 13.2. The van der Waals surface area contributed by atoms with Crippen molar-refractivity contribution in [2.24, 2.45) is 5.92 Å². The van der Waals surface area contributed by atoms with Gasteiger partial charge in [0.15, 0.2) is 0 Å². The molecule has 1 unspecified atom stereocenters. The summed E-state index contributed by atoms with van der Waals surface area (Å²) in [5.74, 6) is -0.429. The first kappa shape index (κ1) is 20.3. The summed E-state index contributed by atoms with van der Waals surface area (Å²) < 4.78 is 37.4. The molecule has 0 bridgehead atoms. The lowest BCUT2D eigenvalue weighted by Crippen LogP contribution is -2.45. The summed E-state index contributed by atoms with van der Waals surface area (Å²) in [5.41, 5.74) is 0. The number of carbonyl (C=O) groups excluding carboxylic acids is 1. The number of carbonyl (C=O) groups is 1. The van der Waals surface area contributed by atoms with Gasteiger partial charge in [0, 0.05) is 31.6 Å². The van der Waals surface area contributed by atoms with Crippen LogP contribution < -0.4 is 5.32 Å². The van der Waals surface area contributed by atoms with E-state index in [1.807, 2.05) is 6.92 Å². The van der Waals surface area contributed by atoms with Gasteiger partial charge in [-0.2, -0.15) is 4.31 Å². The van der Waals surface area contributed by atoms with E-state index < -0.39 is 10.0 Å². The smallest absolute Gasteiger partial charge is 0.252 e.